The first-order valence-electron chi connectivity index (χ1n) is 10.6. The SMILES string of the molecule is CCOC(=O)c1ccc(NC(=O)CSc2nc3c(c(=O)n2-c2ccc([N+](=O)[O-])cc2)SCC3)cc1. The van der Waals surface area contributed by atoms with Gasteiger partial charge in [0.25, 0.3) is 11.2 Å². The zero-order valence-corrected chi connectivity index (χ0v) is 20.2. The number of nitrogens with one attached hydrogen (secondary N) is 1. The number of benzene rings is 2. The number of aromatic nitrogens is 2. The number of nitro groups is 1. The molecule has 1 amide bonds. The van der Waals surface area contributed by atoms with Crippen LogP contribution in [0.5, 0.6) is 0 Å². The lowest BCUT2D eigenvalue weighted by Crippen LogP contribution is -2.24. The lowest BCUT2D eigenvalue weighted by atomic mass is 10.2. The molecule has 0 bridgehead atoms. The molecule has 12 heteroatoms. The number of ether oxygens (including phenoxy) is 1. The summed E-state index contributed by atoms with van der Waals surface area (Å²) < 4.78 is 6.33. The summed E-state index contributed by atoms with van der Waals surface area (Å²) >= 11 is 2.52. The van der Waals surface area contributed by atoms with E-state index in [2.05, 4.69) is 10.3 Å². The maximum Gasteiger partial charge on any atom is 0.338 e. The fourth-order valence-corrected chi connectivity index (χ4v) is 5.22. The van der Waals surface area contributed by atoms with Crippen molar-refractivity contribution < 1.29 is 19.2 Å². The highest BCUT2D eigenvalue weighted by molar-refractivity contribution is 8.00. The van der Waals surface area contributed by atoms with Crippen molar-refractivity contribution in [1.82, 2.24) is 9.55 Å². The zero-order valence-electron chi connectivity index (χ0n) is 18.6. The number of non-ortho nitro benzene ring substituents is 1. The van der Waals surface area contributed by atoms with E-state index in [0.29, 0.717) is 39.1 Å². The molecule has 35 heavy (non-hydrogen) atoms. The molecule has 1 N–H and O–H groups in total. The second kappa shape index (κ2) is 10.7. The maximum atomic E-state index is 13.2. The number of amides is 1. The fraction of sp³-hybridized carbons (Fsp3) is 0.217. The van der Waals surface area contributed by atoms with Crippen molar-refractivity contribution in [1.29, 1.82) is 0 Å². The third kappa shape index (κ3) is 5.54. The highest BCUT2D eigenvalue weighted by Crippen LogP contribution is 2.30. The van der Waals surface area contributed by atoms with Gasteiger partial charge in [-0.05, 0) is 43.3 Å². The molecule has 0 aliphatic carbocycles. The van der Waals surface area contributed by atoms with Crippen LogP contribution in [0.15, 0.2) is 63.4 Å². The largest absolute Gasteiger partial charge is 0.462 e. The van der Waals surface area contributed by atoms with Gasteiger partial charge in [-0.3, -0.25) is 24.3 Å². The molecule has 10 nitrogen and oxygen atoms in total. The van der Waals surface area contributed by atoms with Crippen LogP contribution in [0, 0.1) is 10.1 Å². The number of thioether (sulfide) groups is 2. The number of rotatable bonds is 8. The van der Waals surface area contributed by atoms with Crippen molar-refractivity contribution in [3.8, 4) is 5.69 Å². The van der Waals surface area contributed by atoms with Crippen molar-refractivity contribution in [3.05, 3.63) is 80.3 Å². The van der Waals surface area contributed by atoms with E-state index in [1.54, 1.807) is 31.2 Å². The Morgan fingerprint density at radius 3 is 2.57 bits per heavy atom. The molecule has 4 rings (SSSR count). The predicted octanol–water partition coefficient (Wildman–Crippen LogP) is 3.70. The number of fused-ring (bicyclic) bond motifs is 1. The second-order valence-corrected chi connectivity index (χ2v) is 9.37. The number of aryl methyl sites for hydroxylation is 1. The topological polar surface area (TPSA) is 133 Å². The van der Waals surface area contributed by atoms with Gasteiger partial charge in [-0.15, -0.1) is 11.8 Å². The van der Waals surface area contributed by atoms with Gasteiger partial charge in [0.05, 0.1) is 39.1 Å². The Balaban J connectivity index is 1.52. The average molecular weight is 513 g/mol. The normalized spacial score (nSPS) is 12.1. The van der Waals surface area contributed by atoms with E-state index in [1.165, 1.54) is 40.6 Å². The van der Waals surface area contributed by atoms with E-state index >= 15 is 0 Å². The third-order valence-corrected chi connectivity index (χ3v) is 7.04. The Labute approximate surface area is 208 Å². The van der Waals surface area contributed by atoms with Crippen molar-refractivity contribution >= 4 is 46.8 Å². The minimum Gasteiger partial charge on any atom is -0.462 e. The lowest BCUT2D eigenvalue weighted by molar-refractivity contribution is -0.384. The summed E-state index contributed by atoms with van der Waals surface area (Å²) in [5.41, 5.74) is 1.66. The minimum absolute atomic E-state index is 0.0228. The Bertz CT molecular complexity index is 1340. The van der Waals surface area contributed by atoms with Crippen LogP contribution in [-0.4, -0.2) is 44.5 Å². The Morgan fingerprint density at radius 1 is 1.20 bits per heavy atom. The van der Waals surface area contributed by atoms with Gasteiger partial charge >= 0.3 is 5.97 Å². The summed E-state index contributed by atoms with van der Waals surface area (Å²) in [7, 11) is 0. The standard InChI is InChI=1S/C23H20N4O6S2/c1-2-33-22(30)14-3-5-15(6-4-14)24-19(28)13-35-23-25-18-11-12-34-20(18)21(29)26(23)16-7-9-17(10-8-16)27(31)32/h3-10H,2,11-13H2,1H3,(H,24,28). The Morgan fingerprint density at radius 2 is 1.91 bits per heavy atom. The number of nitro benzene ring substituents is 1. The van der Waals surface area contributed by atoms with Crippen molar-refractivity contribution in [2.75, 3.05) is 23.4 Å². The Kier molecular flexibility index (Phi) is 7.51. The van der Waals surface area contributed by atoms with E-state index in [9.17, 15) is 24.5 Å². The molecule has 0 radical (unpaired) electrons. The first kappa shape index (κ1) is 24.5. The average Bonchev–Trinajstić information content (AvgIpc) is 3.32. The summed E-state index contributed by atoms with van der Waals surface area (Å²) in [4.78, 5) is 53.2. The van der Waals surface area contributed by atoms with E-state index in [-0.39, 0.29) is 29.5 Å². The number of carbonyl (C=O) groups excluding carboxylic acids is 2. The van der Waals surface area contributed by atoms with Gasteiger partial charge in [0.2, 0.25) is 5.91 Å². The fourth-order valence-electron chi connectivity index (χ4n) is 3.37. The molecule has 0 fully saturated rings. The molecule has 1 aliphatic heterocycles. The van der Waals surface area contributed by atoms with Crippen LogP contribution in [0.4, 0.5) is 11.4 Å². The van der Waals surface area contributed by atoms with E-state index in [1.807, 2.05) is 0 Å². The second-order valence-electron chi connectivity index (χ2n) is 7.32. The summed E-state index contributed by atoms with van der Waals surface area (Å²) in [6, 6.07) is 12.0. The van der Waals surface area contributed by atoms with Gasteiger partial charge in [0.15, 0.2) is 5.16 Å². The van der Waals surface area contributed by atoms with Gasteiger partial charge in [-0.25, -0.2) is 9.78 Å². The van der Waals surface area contributed by atoms with E-state index in [0.717, 1.165) is 17.5 Å². The van der Waals surface area contributed by atoms with Crippen LogP contribution in [0.1, 0.15) is 23.0 Å². The molecule has 0 saturated heterocycles. The van der Waals surface area contributed by atoms with Gasteiger partial charge in [0.1, 0.15) is 0 Å². The number of carbonyl (C=O) groups is 2. The number of hydrogen-bond acceptors (Lipinski definition) is 9. The van der Waals surface area contributed by atoms with Crippen molar-refractivity contribution in [2.45, 2.75) is 23.4 Å². The van der Waals surface area contributed by atoms with Crippen LogP contribution in [0.25, 0.3) is 5.69 Å². The predicted molar refractivity (Wildman–Crippen MR) is 133 cm³/mol. The first-order chi connectivity index (χ1) is 16.9. The molecular weight excluding hydrogens is 492 g/mol. The van der Waals surface area contributed by atoms with Gasteiger partial charge in [0, 0.05) is 30.0 Å². The molecular formula is C23H20N4O6S2. The van der Waals surface area contributed by atoms with Gasteiger partial charge < -0.3 is 10.1 Å². The molecule has 180 valence electrons. The molecule has 1 aliphatic rings. The monoisotopic (exact) mass is 512 g/mol. The number of anilines is 1. The quantitative estimate of drug-likeness (QED) is 0.158. The highest BCUT2D eigenvalue weighted by Gasteiger charge is 2.23. The van der Waals surface area contributed by atoms with E-state index < -0.39 is 10.9 Å². The molecule has 2 aromatic carbocycles. The van der Waals surface area contributed by atoms with Crippen molar-refractivity contribution in [2.24, 2.45) is 0 Å². The van der Waals surface area contributed by atoms with Crippen LogP contribution in [0.2, 0.25) is 0 Å². The molecule has 0 spiro atoms. The van der Waals surface area contributed by atoms with Crippen LogP contribution in [-0.2, 0) is 16.0 Å². The molecule has 0 unspecified atom stereocenters. The lowest BCUT2D eigenvalue weighted by Gasteiger charge is -2.13. The molecule has 1 aromatic heterocycles. The van der Waals surface area contributed by atoms with Crippen LogP contribution >= 0.6 is 23.5 Å². The summed E-state index contributed by atoms with van der Waals surface area (Å²) in [5, 5.41) is 14.1. The smallest absolute Gasteiger partial charge is 0.338 e. The number of esters is 1. The van der Waals surface area contributed by atoms with Crippen molar-refractivity contribution in [3.63, 3.8) is 0 Å². The highest BCUT2D eigenvalue weighted by atomic mass is 32.2. The van der Waals surface area contributed by atoms with Crippen LogP contribution in [0.3, 0.4) is 0 Å². The molecule has 3 aromatic rings. The maximum absolute atomic E-state index is 13.2. The van der Waals surface area contributed by atoms with Gasteiger partial charge in [-0.2, -0.15) is 0 Å². The summed E-state index contributed by atoms with van der Waals surface area (Å²) in [6.45, 7) is 1.99. The van der Waals surface area contributed by atoms with Gasteiger partial charge in [-0.1, -0.05) is 11.8 Å². The third-order valence-electron chi connectivity index (χ3n) is 5.00. The van der Waals surface area contributed by atoms with Crippen LogP contribution < -0.4 is 10.9 Å². The summed E-state index contributed by atoms with van der Waals surface area (Å²) in [6.07, 6.45) is 0.656. The Hall–Kier alpha value is -3.64. The number of hydrogen-bond donors (Lipinski definition) is 1. The number of nitrogens with zero attached hydrogens (tertiary/aromatic N) is 3. The molecule has 0 saturated carbocycles. The molecule has 0 atom stereocenters. The minimum atomic E-state index is -0.511. The molecule has 2 heterocycles. The first-order valence-corrected chi connectivity index (χ1v) is 12.6. The van der Waals surface area contributed by atoms with E-state index in [4.69, 9.17) is 4.74 Å². The zero-order chi connectivity index (χ0) is 24.9. The summed E-state index contributed by atoms with van der Waals surface area (Å²) in [5.74, 6) is -0.0385.